The largest absolute Gasteiger partial charge is 0.493 e. The number of hydrogen-bond donors (Lipinski definition) is 0. The standard InChI is InChI=1S/C73H85N6O6.CF3.O3S/c1-11-15-42-76(43-16-12-2)62-36-32-60(33-37-62)64(58-28-22-54(23-29-58)50-78-72(80)66(52(5)74-78)46-56-26-40-68(82-7)70(48-56)84-9)20-19-21-65(61-34-38-63(39-35-61)77(44-17-13-3)45-18-14-4)59-30-24-55(25-31-59)51-79-73(81)67(53(6)75-79)47-57-27-41-69(83-8)71(49-57)85-10;2-1(3)4;1-4(2)3/h19-41,46-49H,11-18,42-45,50-51H2,1-10H3;;/q+1;-1;/b66-46-,67-47-;;. The number of carbonyl (C=O) groups is 2. The number of hydrazone groups is 2. The van der Waals surface area contributed by atoms with Gasteiger partial charge in [-0.15, -0.1) is 12.6 Å². The summed E-state index contributed by atoms with van der Waals surface area (Å²) in [7, 11) is 3.29. The van der Waals surface area contributed by atoms with Crippen molar-refractivity contribution in [3.8, 4) is 23.0 Å². The molecule has 15 nitrogen and oxygen atoms in total. The summed E-state index contributed by atoms with van der Waals surface area (Å²) in [5.41, 5.74) is 14.8. The SMILES string of the molecule is CCCCN(CCCC)c1ccc(/C(=C\C=C\C(=C2C=CC(=[N+](CCCC)CCCC)C=C2)c2ccc(CN3N=C(C)/C(=C/c4ccc(OC)c(OC)c4)C3=O)cc2)c2ccc(CN3N=C(C)/C(=C/c4ccc(OC)c(OC)c4)C3=O)cc2)cc1.F[C-](F)F.O=S(=O)=O. The van der Waals surface area contributed by atoms with Crippen LogP contribution in [0.5, 0.6) is 23.0 Å². The Balaban J connectivity index is 0.00000162. The molecule has 1 aliphatic carbocycles. The van der Waals surface area contributed by atoms with Crippen LogP contribution < -0.4 is 23.8 Å². The van der Waals surface area contributed by atoms with Crippen LogP contribution in [0.15, 0.2) is 179 Å². The lowest BCUT2D eigenvalue weighted by molar-refractivity contribution is -0.527. The van der Waals surface area contributed by atoms with Crippen molar-refractivity contribution in [3.63, 3.8) is 0 Å². The lowest BCUT2D eigenvalue weighted by atomic mass is 9.93. The van der Waals surface area contributed by atoms with E-state index in [1.807, 2.05) is 62.4 Å². The number of unbranched alkanes of at least 4 members (excludes halogenated alkanes) is 4. The van der Waals surface area contributed by atoms with E-state index in [2.05, 4.69) is 152 Å². The molecule has 0 radical (unpaired) electrons. The Bertz CT molecular complexity index is 3770. The van der Waals surface area contributed by atoms with Crippen LogP contribution in [0, 0.1) is 6.68 Å². The number of anilines is 1. The van der Waals surface area contributed by atoms with Crippen molar-refractivity contribution in [3.05, 3.63) is 214 Å². The quantitative estimate of drug-likeness (QED) is 0.0204. The molecule has 0 fully saturated rings. The molecule has 2 heterocycles. The highest BCUT2D eigenvalue weighted by molar-refractivity contribution is 7.59. The van der Waals surface area contributed by atoms with Gasteiger partial charge in [-0.3, -0.25) is 9.59 Å². The summed E-state index contributed by atoms with van der Waals surface area (Å²) in [6.07, 6.45) is 28.5. The number of halogens is 3. The Kier molecular flexibility index (Phi) is 29.1. The molecule has 5 aromatic carbocycles. The Hall–Kier alpha value is -9.36. The van der Waals surface area contributed by atoms with Gasteiger partial charge in [-0.1, -0.05) is 144 Å². The smallest absolute Gasteiger partial charge is 0.425 e. The molecule has 2 amide bonds. The van der Waals surface area contributed by atoms with E-state index < -0.39 is 17.3 Å². The maximum atomic E-state index is 13.9. The number of rotatable bonds is 28. The number of allylic oxidation sites excluding steroid dienone is 9. The average Bonchev–Trinajstić information content (AvgIpc) is 1.94. The first-order chi connectivity index (χ1) is 44.9. The van der Waals surface area contributed by atoms with Crippen LogP contribution in [-0.4, -0.2) is 111 Å². The van der Waals surface area contributed by atoms with E-state index in [1.165, 1.54) is 11.4 Å². The fourth-order valence-electron chi connectivity index (χ4n) is 10.6. The lowest BCUT2D eigenvalue weighted by Gasteiger charge is -2.25. The zero-order valence-electron chi connectivity index (χ0n) is 54.9. The van der Waals surface area contributed by atoms with Gasteiger partial charge in [-0.05, 0) is 143 Å². The predicted molar refractivity (Wildman–Crippen MR) is 366 cm³/mol. The summed E-state index contributed by atoms with van der Waals surface area (Å²) in [6, 6.07) is 37.2. The van der Waals surface area contributed by atoms with Crippen molar-refractivity contribution >= 4 is 68.5 Å². The van der Waals surface area contributed by atoms with Crippen LogP contribution in [-0.2, 0) is 33.3 Å². The molecule has 0 spiro atoms. The molecule has 19 heteroatoms. The Labute approximate surface area is 547 Å². The second-order valence-electron chi connectivity index (χ2n) is 22.1. The number of hydrogen-bond acceptors (Lipinski definition) is 12. The van der Waals surface area contributed by atoms with Crippen molar-refractivity contribution in [2.75, 3.05) is 59.5 Å². The monoisotopic (exact) mass is 1290 g/mol. The third-order valence-corrected chi connectivity index (χ3v) is 15.6. The topological polar surface area (TPSA) is 160 Å². The van der Waals surface area contributed by atoms with Crippen molar-refractivity contribution < 1.29 is 58.9 Å². The van der Waals surface area contributed by atoms with Crippen LogP contribution in [0.3, 0.4) is 0 Å². The van der Waals surface area contributed by atoms with Gasteiger partial charge in [-0.2, -0.15) is 10.2 Å². The summed E-state index contributed by atoms with van der Waals surface area (Å²) >= 11 is 0. The molecule has 0 saturated carbocycles. The molecule has 93 heavy (non-hydrogen) atoms. The van der Waals surface area contributed by atoms with E-state index in [0.29, 0.717) is 58.7 Å². The van der Waals surface area contributed by atoms with Crippen molar-refractivity contribution in [1.29, 1.82) is 0 Å². The minimum Gasteiger partial charge on any atom is -0.493 e. The maximum absolute atomic E-state index is 13.9. The van der Waals surface area contributed by atoms with Crippen LogP contribution in [0.1, 0.15) is 132 Å². The predicted octanol–water partition coefficient (Wildman–Crippen LogP) is 15.7. The molecule has 0 N–H and O–H groups in total. The second-order valence-corrected chi connectivity index (χ2v) is 22.5. The minimum atomic E-state index is -3.11. The van der Waals surface area contributed by atoms with Crippen LogP contribution in [0.25, 0.3) is 23.3 Å². The number of ether oxygens (including phenoxy) is 4. The van der Waals surface area contributed by atoms with Gasteiger partial charge in [0.25, 0.3) is 11.8 Å². The molecule has 492 valence electrons. The first-order valence-electron chi connectivity index (χ1n) is 31.3. The second kappa shape index (κ2) is 37.2. The van der Waals surface area contributed by atoms with Gasteiger partial charge in [0.15, 0.2) is 35.4 Å². The van der Waals surface area contributed by atoms with E-state index in [-0.39, 0.29) is 11.8 Å². The molecule has 0 unspecified atom stereocenters. The minimum absolute atomic E-state index is 0.156. The summed E-state index contributed by atoms with van der Waals surface area (Å²) < 4.78 is 78.5. The first kappa shape index (κ1) is 72.7. The van der Waals surface area contributed by atoms with Gasteiger partial charge in [0, 0.05) is 43.8 Å². The summed E-state index contributed by atoms with van der Waals surface area (Å²) in [5.74, 6) is 2.11. The lowest BCUT2D eigenvalue weighted by Crippen LogP contribution is -2.25. The third-order valence-electron chi connectivity index (χ3n) is 15.6. The highest BCUT2D eigenvalue weighted by atomic mass is 32.2. The van der Waals surface area contributed by atoms with Crippen LogP contribution >= 0.6 is 0 Å². The van der Waals surface area contributed by atoms with Gasteiger partial charge in [0.05, 0.1) is 64.1 Å². The summed E-state index contributed by atoms with van der Waals surface area (Å²) in [5, 5.41) is 12.5. The average molecular weight is 1290 g/mol. The number of amides is 2. The molecule has 0 atom stereocenters. The van der Waals surface area contributed by atoms with E-state index in [4.69, 9.17) is 41.8 Å². The summed E-state index contributed by atoms with van der Waals surface area (Å²) in [4.78, 5) is 30.3. The fourth-order valence-corrected chi connectivity index (χ4v) is 10.6. The zero-order chi connectivity index (χ0) is 67.4. The number of nitrogens with zero attached hydrogens (tertiary/aromatic N) is 6. The molecule has 0 aromatic heterocycles. The summed E-state index contributed by atoms with van der Waals surface area (Å²) in [6.45, 7) is 14.4. The third kappa shape index (κ3) is 21.4. The Morgan fingerprint density at radius 1 is 0.559 bits per heavy atom. The maximum Gasteiger partial charge on any atom is 0.425 e. The van der Waals surface area contributed by atoms with Gasteiger partial charge in [-0.25, -0.2) is 14.6 Å². The van der Waals surface area contributed by atoms with E-state index in [9.17, 15) is 22.8 Å². The number of methoxy groups -OCH3 is 4. The first-order valence-corrected chi connectivity index (χ1v) is 32.3. The van der Waals surface area contributed by atoms with Crippen LogP contribution in [0.2, 0.25) is 0 Å². The molecule has 5 aromatic rings. The molecule has 8 rings (SSSR count). The number of carbonyl (C=O) groups excluding carboxylic acids is 2. The number of benzene rings is 5. The normalized spacial score (nSPS) is 14.5. The van der Waals surface area contributed by atoms with Gasteiger partial charge in [0.2, 0.25) is 0 Å². The van der Waals surface area contributed by atoms with Crippen molar-refractivity contribution in [2.24, 2.45) is 10.2 Å². The van der Waals surface area contributed by atoms with E-state index >= 15 is 0 Å². The zero-order valence-corrected chi connectivity index (χ0v) is 55.7. The highest BCUT2D eigenvalue weighted by Gasteiger charge is 2.29. The fraction of sp³-hybridized carbons (Fsp3) is 0.324. The molecule has 2 aliphatic heterocycles. The Morgan fingerprint density at radius 3 is 1.35 bits per heavy atom. The molecular weight excluding hydrogens is 1210 g/mol. The molecular formula is C74H85F3N6O9S. The molecule has 0 saturated heterocycles. The van der Waals surface area contributed by atoms with Crippen molar-refractivity contribution in [2.45, 2.75) is 106 Å². The Morgan fingerprint density at radius 2 is 0.957 bits per heavy atom. The molecule has 0 bridgehead atoms. The van der Waals surface area contributed by atoms with E-state index in [0.717, 1.165) is 133 Å². The van der Waals surface area contributed by atoms with E-state index in [1.54, 1.807) is 38.5 Å². The van der Waals surface area contributed by atoms with Gasteiger partial charge < -0.3 is 37.0 Å². The van der Waals surface area contributed by atoms with Crippen molar-refractivity contribution in [1.82, 2.24) is 10.0 Å². The van der Waals surface area contributed by atoms with Gasteiger partial charge in [0.1, 0.15) is 13.1 Å². The van der Waals surface area contributed by atoms with Crippen LogP contribution in [0.4, 0.5) is 18.9 Å². The molecule has 3 aliphatic rings. The van der Waals surface area contributed by atoms with Gasteiger partial charge >= 0.3 is 10.6 Å². The highest BCUT2D eigenvalue weighted by Crippen LogP contribution is 2.34.